The van der Waals surface area contributed by atoms with E-state index in [9.17, 15) is 0 Å². The van der Waals surface area contributed by atoms with Gasteiger partial charge in [-0.3, -0.25) is 0 Å². The van der Waals surface area contributed by atoms with E-state index in [0.29, 0.717) is 12.0 Å². The monoisotopic (exact) mass is 273 g/mol. The second kappa shape index (κ2) is 7.25. The third-order valence-electron chi connectivity index (χ3n) is 3.24. The van der Waals surface area contributed by atoms with Crippen molar-refractivity contribution in [2.75, 3.05) is 6.54 Å². The summed E-state index contributed by atoms with van der Waals surface area (Å²) >= 11 is 12.2. The molecule has 0 aromatic heterocycles. The number of halogens is 2. The summed E-state index contributed by atoms with van der Waals surface area (Å²) < 4.78 is 0. The second-order valence-corrected chi connectivity index (χ2v) is 5.33. The van der Waals surface area contributed by atoms with Crippen LogP contribution in [0.2, 0.25) is 10.0 Å². The summed E-state index contributed by atoms with van der Waals surface area (Å²) in [5.74, 6) is 0.630. The molecule has 0 aliphatic carbocycles. The van der Waals surface area contributed by atoms with Crippen LogP contribution in [0.4, 0.5) is 0 Å². The molecule has 0 bridgehead atoms. The first-order chi connectivity index (χ1) is 8.08. The number of likely N-dealkylation sites (N-methyl/N-ethyl adjacent to an activating group) is 1. The molecular formula is C14H21Cl2N. The van der Waals surface area contributed by atoms with Gasteiger partial charge >= 0.3 is 0 Å². The minimum atomic E-state index is 0.459. The summed E-state index contributed by atoms with van der Waals surface area (Å²) in [5, 5.41) is 5.09. The molecule has 0 radical (unpaired) electrons. The first-order valence-electron chi connectivity index (χ1n) is 6.25. The first-order valence-corrected chi connectivity index (χ1v) is 7.01. The minimum absolute atomic E-state index is 0.459. The smallest absolute Gasteiger partial charge is 0.0439 e. The highest BCUT2D eigenvalue weighted by Gasteiger charge is 2.16. The predicted molar refractivity (Wildman–Crippen MR) is 77.1 cm³/mol. The van der Waals surface area contributed by atoms with Gasteiger partial charge in [0.15, 0.2) is 0 Å². The van der Waals surface area contributed by atoms with E-state index in [4.69, 9.17) is 23.2 Å². The van der Waals surface area contributed by atoms with E-state index in [1.54, 1.807) is 0 Å². The Morgan fingerprint density at radius 1 is 1.24 bits per heavy atom. The topological polar surface area (TPSA) is 12.0 Å². The molecule has 96 valence electrons. The fourth-order valence-electron chi connectivity index (χ4n) is 1.96. The largest absolute Gasteiger partial charge is 0.314 e. The van der Waals surface area contributed by atoms with Gasteiger partial charge in [0.1, 0.15) is 0 Å². The molecule has 0 saturated carbocycles. The molecular weight excluding hydrogens is 253 g/mol. The standard InChI is InChI=1S/C14H21Cl2N/c1-4-10(3)14(17-5-2)9-11-8-12(15)6-7-13(11)16/h6-8,10,14,17H,4-5,9H2,1-3H3. The molecule has 0 aliphatic heterocycles. The third-order valence-corrected chi connectivity index (χ3v) is 3.85. The van der Waals surface area contributed by atoms with Crippen molar-refractivity contribution in [1.82, 2.24) is 5.32 Å². The predicted octanol–water partition coefficient (Wildman–Crippen LogP) is 4.56. The highest BCUT2D eigenvalue weighted by Crippen LogP contribution is 2.24. The molecule has 17 heavy (non-hydrogen) atoms. The number of hydrogen-bond donors (Lipinski definition) is 1. The zero-order valence-electron chi connectivity index (χ0n) is 10.8. The Morgan fingerprint density at radius 3 is 2.53 bits per heavy atom. The van der Waals surface area contributed by atoms with Crippen molar-refractivity contribution in [3.8, 4) is 0 Å². The van der Waals surface area contributed by atoms with E-state index >= 15 is 0 Å². The SMILES string of the molecule is CCNC(Cc1cc(Cl)ccc1Cl)C(C)CC. The van der Waals surface area contributed by atoms with Gasteiger partial charge < -0.3 is 5.32 Å². The van der Waals surface area contributed by atoms with Crippen molar-refractivity contribution in [3.05, 3.63) is 33.8 Å². The number of nitrogens with one attached hydrogen (secondary N) is 1. The quantitative estimate of drug-likeness (QED) is 0.801. The number of benzene rings is 1. The lowest BCUT2D eigenvalue weighted by molar-refractivity contribution is 0.371. The van der Waals surface area contributed by atoms with Gasteiger partial charge in [0, 0.05) is 16.1 Å². The van der Waals surface area contributed by atoms with Gasteiger partial charge in [0.25, 0.3) is 0 Å². The highest BCUT2D eigenvalue weighted by molar-refractivity contribution is 6.33. The van der Waals surface area contributed by atoms with Crippen molar-refractivity contribution in [2.24, 2.45) is 5.92 Å². The van der Waals surface area contributed by atoms with Gasteiger partial charge in [-0.1, -0.05) is 50.4 Å². The van der Waals surface area contributed by atoms with Crippen molar-refractivity contribution in [2.45, 2.75) is 39.7 Å². The Kier molecular flexibility index (Phi) is 6.32. The van der Waals surface area contributed by atoms with Crippen LogP contribution >= 0.6 is 23.2 Å². The zero-order chi connectivity index (χ0) is 12.8. The van der Waals surface area contributed by atoms with Gasteiger partial charge in [0.2, 0.25) is 0 Å². The lowest BCUT2D eigenvalue weighted by atomic mass is 9.93. The van der Waals surface area contributed by atoms with E-state index in [1.807, 2.05) is 18.2 Å². The van der Waals surface area contributed by atoms with Gasteiger partial charge in [0.05, 0.1) is 0 Å². The molecule has 0 amide bonds. The van der Waals surface area contributed by atoms with Crippen LogP contribution in [0.5, 0.6) is 0 Å². The number of hydrogen-bond acceptors (Lipinski definition) is 1. The van der Waals surface area contributed by atoms with E-state index < -0.39 is 0 Å². The summed E-state index contributed by atoms with van der Waals surface area (Å²) in [6.07, 6.45) is 2.10. The summed E-state index contributed by atoms with van der Waals surface area (Å²) in [4.78, 5) is 0. The van der Waals surface area contributed by atoms with Gasteiger partial charge in [-0.25, -0.2) is 0 Å². The van der Waals surface area contributed by atoms with Crippen LogP contribution in [0, 0.1) is 5.92 Å². The maximum absolute atomic E-state index is 6.20. The molecule has 1 aromatic rings. The average Bonchev–Trinajstić information content (AvgIpc) is 2.32. The summed E-state index contributed by atoms with van der Waals surface area (Å²) in [7, 11) is 0. The molecule has 2 atom stereocenters. The number of rotatable bonds is 6. The molecule has 1 nitrogen and oxygen atoms in total. The van der Waals surface area contributed by atoms with Crippen LogP contribution in [0.15, 0.2) is 18.2 Å². The zero-order valence-corrected chi connectivity index (χ0v) is 12.3. The Labute approximate surface area is 115 Å². The molecule has 0 aliphatic rings. The molecule has 0 fully saturated rings. The summed E-state index contributed by atoms with van der Waals surface area (Å²) in [6.45, 7) is 7.60. The fourth-order valence-corrected chi connectivity index (χ4v) is 2.35. The molecule has 3 heteroatoms. The van der Waals surface area contributed by atoms with Crippen LogP contribution in [0.3, 0.4) is 0 Å². The first kappa shape index (κ1) is 14.8. The molecule has 2 unspecified atom stereocenters. The Balaban J connectivity index is 2.81. The molecule has 1 aromatic carbocycles. The van der Waals surface area contributed by atoms with Crippen molar-refractivity contribution < 1.29 is 0 Å². The second-order valence-electron chi connectivity index (χ2n) is 4.49. The van der Waals surface area contributed by atoms with Gasteiger partial charge in [-0.15, -0.1) is 0 Å². The van der Waals surface area contributed by atoms with Crippen LogP contribution in [-0.4, -0.2) is 12.6 Å². The summed E-state index contributed by atoms with van der Waals surface area (Å²) in [5.41, 5.74) is 1.13. The van der Waals surface area contributed by atoms with Crippen molar-refractivity contribution in [1.29, 1.82) is 0 Å². The molecule has 0 saturated heterocycles. The minimum Gasteiger partial charge on any atom is -0.314 e. The van der Waals surface area contributed by atoms with E-state index in [1.165, 1.54) is 0 Å². The molecule has 0 spiro atoms. The van der Waals surface area contributed by atoms with Crippen LogP contribution in [-0.2, 0) is 6.42 Å². The lowest BCUT2D eigenvalue weighted by Crippen LogP contribution is -2.36. The van der Waals surface area contributed by atoms with Crippen LogP contribution < -0.4 is 5.32 Å². The third kappa shape index (κ3) is 4.50. The van der Waals surface area contributed by atoms with Crippen molar-refractivity contribution in [3.63, 3.8) is 0 Å². The van der Waals surface area contributed by atoms with Gasteiger partial charge in [-0.05, 0) is 42.6 Å². The normalized spacial score (nSPS) is 14.6. The van der Waals surface area contributed by atoms with Crippen LogP contribution in [0.1, 0.15) is 32.8 Å². The maximum atomic E-state index is 6.20. The van der Waals surface area contributed by atoms with E-state index in [-0.39, 0.29) is 0 Å². The molecule has 1 rings (SSSR count). The van der Waals surface area contributed by atoms with Crippen molar-refractivity contribution >= 4 is 23.2 Å². The molecule has 0 heterocycles. The van der Waals surface area contributed by atoms with E-state index in [0.717, 1.165) is 35.0 Å². The average molecular weight is 274 g/mol. The highest BCUT2D eigenvalue weighted by atomic mass is 35.5. The lowest BCUT2D eigenvalue weighted by Gasteiger charge is -2.24. The maximum Gasteiger partial charge on any atom is 0.0439 e. The van der Waals surface area contributed by atoms with Gasteiger partial charge in [-0.2, -0.15) is 0 Å². The Hall–Kier alpha value is -0.240. The Morgan fingerprint density at radius 2 is 1.94 bits per heavy atom. The van der Waals surface area contributed by atoms with E-state index in [2.05, 4.69) is 26.1 Å². The molecule has 1 N–H and O–H groups in total. The van der Waals surface area contributed by atoms with Crippen LogP contribution in [0.25, 0.3) is 0 Å². The Bertz CT molecular complexity index is 352. The summed E-state index contributed by atoms with van der Waals surface area (Å²) in [6, 6.07) is 6.13. The fraction of sp³-hybridized carbons (Fsp3) is 0.571.